The van der Waals surface area contributed by atoms with Gasteiger partial charge in [-0.15, -0.1) is 5.10 Å². The van der Waals surface area contributed by atoms with E-state index in [1.54, 1.807) is 10.9 Å². The fraction of sp³-hybridized carbons (Fsp3) is 0.409. The summed E-state index contributed by atoms with van der Waals surface area (Å²) in [5.74, 6) is -0.173. The molecule has 2 heterocycles. The molecule has 1 N–H and O–H groups in total. The fourth-order valence-electron chi connectivity index (χ4n) is 4.65. The van der Waals surface area contributed by atoms with Gasteiger partial charge in [-0.25, -0.2) is 4.68 Å². The van der Waals surface area contributed by atoms with Gasteiger partial charge in [-0.1, -0.05) is 60.5 Å². The highest BCUT2D eigenvalue weighted by molar-refractivity contribution is 5.92. The molecule has 144 valence electrons. The molecule has 28 heavy (non-hydrogen) atoms. The maximum Gasteiger partial charge on any atom is 0.273 e. The molecule has 1 aromatic heterocycles. The van der Waals surface area contributed by atoms with E-state index >= 15 is 0 Å². The number of carbonyl (C=O) groups excluding carboxylic acids is 1. The fourth-order valence-corrected chi connectivity index (χ4v) is 4.65. The number of aromatic nitrogens is 3. The van der Waals surface area contributed by atoms with Crippen LogP contribution in [0.5, 0.6) is 0 Å². The topological polar surface area (TPSA) is 69.0 Å². The summed E-state index contributed by atoms with van der Waals surface area (Å²) >= 11 is 0. The normalized spacial score (nSPS) is 20.8. The average Bonchev–Trinajstić information content (AvgIpc) is 3.45. The Labute approximate surface area is 163 Å². The maximum atomic E-state index is 12.6. The minimum atomic E-state index is -0.173. The second kappa shape index (κ2) is 7.02. The van der Waals surface area contributed by atoms with Crippen LogP contribution in [-0.2, 0) is 11.3 Å². The standard InChI is InChI=1S/C22H24N4O2/c27-21(23-18-12-22(28-15-18)10-3-4-11-22)20-14-26(25-24-20)13-17-8-5-7-16-6-1-2-9-19(16)17/h1-2,5-9,14,18H,3-4,10-13,15H2,(H,23,27)/t18-/m0/s1. The van der Waals surface area contributed by atoms with Crippen molar-refractivity contribution < 1.29 is 9.53 Å². The zero-order valence-corrected chi connectivity index (χ0v) is 15.8. The lowest BCUT2D eigenvalue weighted by molar-refractivity contribution is 0.00987. The molecular weight excluding hydrogens is 352 g/mol. The summed E-state index contributed by atoms with van der Waals surface area (Å²) in [6.45, 7) is 1.17. The average molecular weight is 376 g/mol. The van der Waals surface area contributed by atoms with Crippen molar-refractivity contribution in [1.82, 2.24) is 20.3 Å². The van der Waals surface area contributed by atoms with Crippen molar-refractivity contribution in [3.63, 3.8) is 0 Å². The lowest BCUT2D eigenvalue weighted by atomic mass is 9.96. The third-order valence-corrected chi connectivity index (χ3v) is 6.04. The van der Waals surface area contributed by atoms with Crippen LogP contribution in [0.25, 0.3) is 10.8 Å². The van der Waals surface area contributed by atoms with Crippen LogP contribution in [0, 0.1) is 0 Å². The number of hydrogen-bond donors (Lipinski definition) is 1. The highest BCUT2D eigenvalue weighted by Gasteiger charge is 2.42. The Morgan fingerprint density at radius 3 is 2.89 bits per heavy atom. The van der Waals surface area contributed by atoms with E-state index in [9.17, 15) is 4.79 Å². The molecule has 2 aromatic carbocycles. The summed E-state index contributed by atoms with van der Waals surface area (Å²) in [5, 5.41) is 13.7. The van der Waals surface area contributed by atoms with Gasteiger partial charge in [-0.05, 0) is 35.6 Å². The van der Waals surface area contributed by atoms with Gasteiger partial charge in [0.15, 0.2) is 5.69 Å². The first-order valence-corrected chi connectivity index (χ1v) is 10.0. The van der Waals surface area contributed by atoms with Crippen molar-refractivity contribution in [1.29, 1.82) is 0 Å². The quantitative estimate of drug-likeness (QED) is 0.758. The van der Waals surface area contributed by atoms with Crippen molar-refractivity contribution in [2.24, 2.45) is 0 Å². The number of hydrogen-bond acceptors (Lipinski definition) is 4. The maximum absolute atomic E-state index is 12.6. The van der Waals surface area contributed by atoms with Crippen LogP contribution in [0.1, 0.15) is 48.2 Å². The Bertz CT molecular complexity index is 1000. The SMILES string of the molecule is O=C(N[C@@H]1COC2(CCCC2)C1)c1cn(Cc2cccc3ccccc23)nn1. The smallest absolute Gasteiger partial charge is 0.273 e. The minimum Gasteiger partial charge on any atom is -0.373 e. The van der Waals surface area contributed by atoms with Crippen LogP contribution in [0.15, 0.2) is 48.7 Å². The number of fused-ring (bicyclic) bond motifs is 1. The van der Waals surface area contributed by atoms with Crippen molar-refractivity contribution in [2.75, 3.05) is 6.61 Å². The second-order valence-electron chi connectivity index (χ2n) is 8.02. The predicted octanol–water partition coefficient (Wildman–Crippen LogP) is 3.31. The summed E-state index contributed by atoms with van der Waals surface area (Å²) < 4.78 is 7.74. The molecule has 6 nitrogen and oxygen atoms in total. The molecule has 1 saturated heterocycles. The Morgan fingerprint density at radius 1 is 1.18 bits per heavy atom. The van der Waals surface area contributed by atoms with Crippen LogP contribution in [-0.4, -0.2) is 39.2 Å². The summed E-state index contributed by atoms with van der Waals surface area (Å²) in [6, 6.07) is 14.6. The number of amides is 1. The largest absolute Gasteiger partial charge is 0.373 e. The number of carbonyl (C=O) groups is 1. The van der Waals surface area contributed by atoms with Gasteiger partial charge >= 0.3 is 0 Å². The number of benzene rings is 2. The van der Waals surface area contributed by atoms with Crippen LogP contribution in [0.2, 0.25) is 0 Å². The van der Waals surface area contributed by atoms with Crippen molar-refractivity contribution in [2.45, 2.75) is 50.3 Å². The van der Waals surface area contributed by atoms with Gasteiger partial charge in [0.1, 0.15) is 0 Å². The van der Waals surface area contributed by atoms with Crippen molar-refractivity contribution in [3.05, 3.63) is 59.9 Å². The molecule has 0 unspecified atom stereocenters. The Hall–Kier alpha value is -2.73. The van der Waals surface area contributed by atoms with Crippen LogP contribution in [0.4, 0.5) is 0 Å². The molecular formula is C22H24N4O2. The van der Waals surface area contributed by atoms with Crippen LogP contribution in [0.3, 0.4) is 0 Å². The van der Waals surface area contributed by atoms with Gasteiger partial charge in [0.2, 0.25) is 0 Å². The first-order valence-electron chi connectivity index (χ1n) is 10.0. The monoisotopic (exact) mass is 376 g/mol. The number of nitrogens with one attached hydrogen (secondary N) is 1. The summed E-state index contributed by atoms with van der Waals surface area (Å²) in [5.41, 5.74) is 1.51. The molecule has 1 amide bonds. The van der Waals surface area contributed by atoms with Crippen LogP contribution < -0.4 is 5.32 Å². The lowest BCUT2D eigenvalue weighted by Crippen LogP contribution is -2.36. The molecule has 6 heteroatoms. The van der Waals surface area contributed by atoms with E-state index in [-0.39, 0.29) is 17.6 Å². The molecule has 1 aliphatic carbocycles. The summed E-state index contributed by atoms with van der Waals surface area (Å²) in [6.07, 6.45) is 7.30. The molecule has 1 saturated carbocycles. The van der Waals surface area contributed by atoms with Gasteiger partial charge in [0.25, 0.3) is 5.91 Å². The van der Waals surface area contributed by atoms with E-state index in [0.717, 1.165) is 24.8 Å². The van der Waals surface area contributed by atoms with Crippen LogP contribution >= 0.6 is 0 Å². The zero-order chi connectivity index (χ0) is 19.0. The molecule has 1 spiro atoms. The molecule has 3 aromatic rings. The predicted molar refractivity (Wildman–Crippen MR) is 106 cm³/mol. The molecule has 1 aliphatic heterocycles. The van der Waals surface area contributed by atoms with E-state index in [2.05, 4.69) is 39.9 Å². The molecule has 0 radical (unpaired) electrons. The first-order chi connectivity index (χ1) is 13.7. The number of ether oxygens (including phenoxy) is 1. The van der Waals surface area contributed by atoms with Gasteiger partial charge in [-0.2, -0.15) is 0 Å². The van der Waals surface area contributed by atoms with Gasteiger partial charge in [-0.3, -0.25) is 4.79 Å². The Morgan fingerprint density at radius 2 is 2.00 bits per heavy atom. The Kier molecular flexibility index (Phi) is 4.36. The third kappa shape index (κ3) is 3.29. The molecule has 0 bridgehead atoms. The first kappa shape index (κ1) is 17.4. The highest BCUT2D eigenvalue weighted by atomic mass is 16.5. The van der Waals surface area contributed by atoms with E-state index in [1.807, 2.05) is 18.2 Å². The van der Waals surface area contributed by atoms with E-state index in [4.69, 9.17) is 4.74 Å². The molecule has 5 rings (SSSR count). The van der Waals surface area contributed by atoms with Crippen molar-refractivity contribution >= 4 is 16.7 Å². The van der Waals surface area contributed by atoms with Gasteiger partial charge < -0.3 is 10.1 Å². The second-order valence-corrected chi connectivity index (χ2v) is 8.02. The molecule has 2 aliphatic rings. The van der Waals surface area contributed by atoms with E-state index in [1.165, 1.54) is 23.6 Å². The summed E-state index contributed by atoms with van der Waals surface area (Å²) in [7, 11) is 0. The van der Waals surface area contributed by atoms with E-state index < -0.39 is 0 Å². The number of nitrogens with zero attached hydrogens (tertiary/aromatic N) is 3. The third-order valence-electron chi connectivity index (χ3n) is 6.04. The molecule has 1 atom stereocenters. The van der Waals surface area contributed by atoms with Gasteiger partial charge in [0.05, 0.1) is 31.0 Å². The zero-order valence-electron chi connectivity index (χ0n) is 15.8. The highest BCUT2D eigenvalue weighted by Crippen LogP contribution is 2.40. The number of rotatable bonds is 4. The van der Waals surface area contributed by atoms with Crippen molar-refractivity contribution in [3.8, 4) is 0 Å². The lowest BCUT2D eigenvalue weighted by Gasteiger charge is -2.21. The molecule has 2 fully saturated rings. The summed E-state index contributed by atoms with van der Waals surface area (Å²) in [4.78, 5) is 12.6. The Balaban J connectivity index is 1.26. The van der Waals surface area contributed by atoms with Gasteiger partial charge in [0, 0.05) is 0 Å². The van der Waals surface area contributed by atoms with E-state index in [0.29, 0.717) is 18.8 Å². The minimum absolute atomic E-state index is 0.00389.